The van der Waals surface area contributed by atoms with Gasteiger partial charge in [0.25, 0.3) is 5.91 Å². The van der Waals surface area contributed by atoms with E-state index in [0.29, 0.717) is 53.4 Å². The van der Waals surface area contributed by atoms with E-state index >= 15 is 0 Å². The minimum atomic E-state index is -0.465. The molecule has 0 aliphatic heterocycles. The third-order valence-corrected chi connectivity index (χ3v) is 8.58. The van der Waals surface area contributed by atoms with Gasteiger partial charge in [-0.3, -0.25) is 7.91 Å². The molecule has 4 rings (SSSR count). The van der Waals surface area contributed by atoms with Crippen molar-refractivity contribution in [2.45, 2.75) is 20.3 Å². The maximum Gasteiger partial charge on any atom is 0.266 e. The van der Waals surface area contributed by atoms with E-state index in [1.807, 2.05) is 41.4 Å². The van der Waals surface area contributed by atoms with E-state index in [-0.39, 0.29) is 18.3 Å². The highest BCUT2D eigenvalue weighted by Gasteiger charge is 2.22. The standard InChI is InChI=1S/C28H32FIN6O3S2/c1-17(2)13-23-24(18-5-6-22(21(29)15-18)39-11-10-38-4)34-28(41-23)35-25-20(27(37)36(30)9-7-31-3)14-19(16-33-25)26-32-8-12-40-26/h5-6,8,12,14-17,31H,7,9-11,13H2,1-4H3,(H,33,34,35). The quantitative estimate of drug-likeness (QED) is 0.0876. The van der Waals surface area contributed by atoms with Crippen molar-refractivity contribution >= 4 is 62.4 Å². The molecule has 41 heavy (non-hydrogen) atoms. The van der Waals surface area contributed by atoms with Crippen molar-refractivity contribution < 1.29 is 18.7 Å². The van der Waals surface area contributed by atoms with Gasteiger partial charge in [-0.25, -0.2) is 19.3 Å². The number of hydrogen-bond donors (Lipinski definition) is 2. The summed E-state index contributed by atoms with van der Waals surface area (Å²) in [5.41, 5.74) is 2.51. The van der Waals surface area contributed by atoms with Crippen LogP contribution in [-0.2, 0) is 11.2 Å². The second kappa shape index (κ2) is 15.0. The van der Waals surface area contributed by atoms with E-state index < -0.39 is 5.82 Å². The Balaban J connectivity index is 1.68. The maximum atomic E-state index is 14.9. The van der Waals surface area contributed by atoms with Gasteiger partial charge in [-0.05, 0) is 43.7 Å². The minimum Gasteiger partial charge on any atom is -0.488 e. The van der Waals surface area contributed by atoms with Crippen LogP contribution in [0.15, 0.2) is 42.0 Å². The van der Waals surface area contributed by atoms with Crippen LogP contribution < -0.4 is 15.4 Å². The van der Waals surface area contributed by atoms with Crippen molar-refractivity contribution in [3.05, 3.63) is 58.3 Å². The Hall–Kier alpha value is -2.72. The molecule has 9 nitrogen and oxygen atoms in total. The van der Waals surface area contributed by atoms with E-state index in [0.717, 1.165) is 21.9 Å². The zero-order valence-corrected chi connectivity index (χ0v) is 27.0. The molecule has 0 spiro atoms. The number of hydrogen-bond acceptors (Lipinski definition) is 10. The summed E-state index contributed by atoms with van der Waals surface area (Å²) in [5.74, 6) is 0.272. The number of anilines is 2. The van der Waals surface area contributed by atoms with Crippen molar-refractivity contribution in [3.63, 3.8) is 0 Å². The van der Waals surface area contributed by atoms with Crippen LogP contribution in [0.4, 0.5) is 15.3 Å². The average molecular weight is 711 g/mol. The Morgan fingerprint density at radius 1 is 1.20 bits per heavy atom. The molecule has 2 N–H and O–H groups in total. The first kappa shape index (κ1) is 31.2. The van der Waals surface area contributed by atoms with Crippen molar-refractivity contribution in [1.82, 2.24) is 23.4 Å². The largest absolute Gasteiger partial charge is 0.488 e. The second-order valence-electron chi connectivity index (χ2n) is 9.45. The molecule has 0 bridgehead atoms. The van der Waals surface area contributed by atoms with Crippen LogP contribution in [0.2, 0.25) is 0 Å². The summed E-state index contributed by atoms with van der Waals surface area (Å²) in [6.45, 7) is 6.05. The van der Waals surface area contributed by atoms with E-state index in [1.54, 1.807) is 34.7 Å². The SMILES string of the molecule is CNCCN(I)C(=O)c1cc(-c2nccs2)cnc1Nc1nc(-c2ccc(OCCOC)c(F)c2)c(CC(C)C)s1. The fraction of sp³-hybridized carbons (Fsp3) is 0.357. The summed E-state index contributed by atoms with van der Waals surface area (Å²) >= 11 is 4.97. The molecule has 4 aromatic rings. The highest BCUT2D eigenvalue weighted by molar-refractivity contribution is 14.1. The molecule has 0 saturated carbocycles. The van der Waals surface area contributed by atoms with Crippen LogP contribution in [0.3, 0.4) is 0 Å². The molecule has 0 radical (unpaired) electrons. The molecule has 1 aromatic carbocycles. The zero-order chi connectivity index (χ0) is 29.4. The second-order valence-corrected chi connectivity index (χ2v) is 12.6. The Morgan fingerprint density at radius 3 is 2.71 bits per heavy atom. The molecular weight excluding hydrogens is 678 g/mol. The van der Waals surface area contributed by atoms with Gasteiger partial charge in [0.2, 0.25) is 0 Å². The molecule has 218 valence electrons. The lowest BCUT2D eigenvalue weighted by Gasteiger charge is -2.17. The Bertz CT molecular complexity index is 1450. The van der Waals surface area contributed by atoms with Crippen LogP contribution in [0.5, 0.6) is 5.75 Å². The topological polar surface area (TPSA) is 102 Å². The van der Waals surface area contributed by atoms with Gasteiger partial charge in [-0.2, -0.15) is 0 Å². The van der Waals surface area contributed by atoms with Crippen molar-refractivity contribution in [1.29, 1.82) is 0 Å². The minimum absolute atomic E-state index is 0.166. The molecule has 0 saturated heterocycles. The Kier molecular flexibility index (Phi) is 11.4. The lowest BCUT2D eigenvalue weighted by molar-refractivity contribution is 0.0890. The summed E-state index contributed by atoms with van der Waals surface area (Å²) in [4.78, 5) is 28.3. The van der Waals surface area contributed by atoms with Crippen molar-refractivity contribution in [2.75, 3.05) is 45.8 Å². The van der Waals surface area contributed by atoms with Gasteiger partial charge in [0.1, 0.15) is 17.4 Å². The number of likely N-dealkylation sites (N-methyl/N-ethyl adjacent to an activating group) is 1. The molecular formula is C28H32FIN6O3S2. The van der Waals surface area contributed by atoms with E-state index in [1.165, 1.54) is 28.7 Å². The van der Waals surface area contributed by atoms with Crippen LogP contribution in [-0.4, -0.2) is 64.4 Å². The number of pyridine rings is 1. The van der Waals surface area contributed by atoms with Crippen LogP contribution >= 0.6 is 45.5 Å². The molecule has 3 aromatic heterocycles. The normalized spacial score (nSPS) is 11.2. The maximum absolute atomic E-state index is 14.9. The highest BCUT2D eigenvalue weighted by atomic mass is 127. The van der Waals surface area contributed by atoms with Gasteiger partial charge in [0.15, 0.2) is 16.7 Å². The van der Waals surface area contributed by atoms with Gasteiger partial charge in [-0.1, -0.05) is 13.8 Å². The number of carbonyl (C=O) groups excluding carboxylic acids is 1. The molecule has 0 atom stereocenters. The molecule has 0 aliphatic carbocycles. The highest BCUT2D eigenvalue weighted by Crippen LogP contribution is 2.37. The van der Waals surface area contributed by atoms with Crippen molar-refractivity contribution in [3.8, 4) is 27.6 Å². The van der Waals surface area contributed by atoms with Crippen LogP contribution in [0.25, 0.3) is 21.8 Å². The van der Waals surface area contributed by atoms with E-state index in [4.69, 9.17) is 14.5 Å². The van der Waals surface area contributed by atoms with Gasteiger partial charge in [0, 0.05) is 54.0 Å². The number of nitrogens with zero attached hydrogens (tertiary/aromatic N) is 4. The summed E-state index contributed by atoms with van der Waals surface area (Å²) in [6.07, 6.45) is 4.18. The number of methoxy groups -OCH3 is 1. The van der Waals surface area contributed by atoms with E-state index in [9.17, 15) is 9.18 Å². The number of rotatable bonds is 14. The predicted molar refractivity (Wildman–Crippen MR) is 171 cm³/mol. The number of ether oxygens (including phenoxy) is 2. The van der Waals surface area contributed by atoms with Gasteiger partial charge in [-0.15, -0.1) is 22.7 Å². The smallest absolute Gasteiger partial charge is 0.266 e. The van der Waals surface area contributed by atoms with Crippen LogP contribution in [0.1, 0.15) is 29.1 Å². The summed E-state index contributed by atoms with van der Waals surface area (Å²) in [7, 11) is 3.41. The molecule has 0 aliphatic rings. The third-order valence-electron chi connectivity index (χ3n) is 5.84. The third kappa shape index (κ3) is 8.19. The first-order chi connectivity index (χ1) is 19.8. The lowest BCUT2D eigenvalue weighted by atomic mass is 10.0. The fourth-order valence-corrected chi connectivity index (χ4v) is 6.21. The average Bonchev–Trinajstić information content (AvgIpc) is 3.63. The molecule has 3 heterocycles. The summed E-state index contributed by atoms with van der Waals surface area (Å²) in [6, 6.07) is 6.67. The zero-order valence-electron chi connectivity index (χ0n) is 23.2. The number of nitrogens with one attached hydrogen (secondary N) is 2. The molecule has 1 amide bonds. The summed E-state index contributed by atoms with van der Waals surface area (Å²) in [5, 5.41) is 9.58. The lowest BCUT2D eigenvalue weighted by Crippen LogP contribution is -2.29. The molecule has 0 unspecified atom stereocenters. The number of benzene rings is 1. The number of thiazole rings is 2. The predicted octanol–water partition coefficient (Wildman–Crippen LogP) is 6.45. The Labute approximate surface area is 261 Å². The van der Waals surface area contributed by atoms with Gasteiger partial charge >= 0.3 is 0 Å². The van der Waals surface area contributed by atoms with Gasteiger partial charge in [0.05, 0.1) is 40.7 Å². The fourth-order valence-electron chi connectivity index (χ4n) is 3.89. The van der Waals surface area contributed by atoms with Crippen LogP contribution in [0, 0.1) is 11.7 Å². The molecule has 0 fully saturated rings. The number of carbonyl (C=O) groups is 1. The first-order valence-electron chi connectivity index (χ1n) is 13.0. The Morgan fingerprint density at radius 2 is 2.02 bits per heavy atom. The number of aromatic nitrogens is 3. The van der Waals surface area contributed by atoms with E-state index in [2.05, 4.69) is 34.4 Å². The monoisotopic (exact) mass is 710 g/mol. The van der Waals surface area contributed by atoms with Gasteiger partial charge < -0.3 is 20.1 Å². The van der Waals surface area contributed by atoms with Crippen molar-refractivity contribution in [2.24, 2.45) is 5.92 Å². The number of amides is 1. The number of halogens is 2. The molecule has 13 heteroatoms. The first-order valence-corrected chi connectivity index (χ1v) is 15.7. The summed E-state index contributed by atoms with van der Waals surface area (Å²) < 4.78 is 27.0.